The van der Waals surface area contributed by atoms with E-state index in [1.54, 1.807) is 43.3 Å². The zero-order valence-corrected chi connectivity index (χ0v) is 24.6. The Labute approximate surface area is 250 Å². The van der Waals surface area contributed by atoms with E-state index in [0.717, 1.165) is 0 Å². The van der Waals surface area contributed by atoms with Gasteiger partial charge in [0.25, 0.3) is 16.0 Å². The van der Waals surface area contributed by atoms with E-state index in [2.05, 4.69) is 15.5 Å². The Bertz CT molecular complexity index is 1700. The van der Waals surface area contributed by atoms with E-state index in [1.165, 1.54) is 31.4 Å². The minimum Gasteiger partial charge on any atom is -0.870 e. The Kier molecular flexibility index (Phi) is 9.43. The smallest absolute Gasteiger partial charge is 0.870 e. The number of amides is 1. The first-order valence-corrected chi connectivity index (χ1v) is 12.8. The normalized spacial score (nSPS) is 11.4. The molecule has 9 nitrogen and oxygen atoms in total. The maximum absolute atomic E-state index is 13.4. The summed E-state index contributed by atoms with van der Waals surface area (Å²) in [5.74, 6) is -1.06. The molecular formula is C25H18Cl2N3NaO6S. The largest absolute Gasteiger partial charge is 1.00 e. The average molecular weight is 582 g/mol. The fourth-order valence-corrected chi connectivity index (χ4v) is 4.97. The van der Waals surface area contributed by atoms with Crippen LogP contribution in [0.2, 0.25) is 10.0 Å². The second-order valence-electron chi connectivity index (χ2n) is 7.89. The number of nitrogens with one attached hydrogen (secondary N) is 1. The van der Waals surface area contributed by atoms with Crippen molar-refractivity contribution >= 4 is 67.1 Å². The summed E-state index contributed by atoms with van der Waals surface area (Å²) in [6.07, 6.45) is 0. The fourth-order valence-electron chi connectivity index (χ4n) is 3.62. The van der Waals surface area contributed by atoms with Crippen molar-refractivity contribution in [3.63, 3.8) is 0 Å². The molecule has 190 valence electrons. The van der Waals surface area contributed by atoms with E-state index >= 15 is 0 Å². The third-order valence-corrected chi connectivity index (χ3v) is 6.78. The molecule has 4 aromatic rings. The summed E-state index contributed by atoms with van der Waals surface area (Å²) in [7, 11) is -3.25. The first-order chi connectivity index (χ1) is 17.5. The third-order valence-electron chi connectivity index (χ3n) is 5.33. The van der Waals surface area contributed by atoms with Gasteiger partial charge in [-0.05, 0) is 54.3 Å². The standard InChI is InChI=1S/C25H19Cl2N3O6S.Na/c1-13-9-19(27)23(21(10-13)37(33,34)35)30-29-22-16-6-4-3-5-14(16)11-17(24(22)31)25(32)28-15-7-8-20(36-2)18(26)12-15;/h3-12,31H,1-2H3,(H,28,32)(H,33,34,35);/q;+1/p-1. The number of nitrogens with zero attached hydrogens (tertiary/aromatic N) is 2. The molecule has 0 unspecified atom stereocenters. The van der Waals surface area contributed by atoms with Gasteiger partial charge in [0.2, 0.25) is 0 Å². The quantitative estimate of drug-likeness (QED) is 0.203. The van der Waals surface area contributed by atoms with Crippen molar-refractivity contribution < 1.29 is 57.2 Å². The first-order valence-electron chi connectivity index (χ1n) is 10.6. The molecule has 2 N–H and O–H groups in total. The van der Waals surface area contributed by atoms with Gasteiger partial charge in [-0.15, -0.1) is 5.11 Å². The van der Waals surface area contributed by atoms with Gasteiger partial charge in [0.15, 0.2) is 0 Å². The molecular weight excluding hydrogens is 564 g/mol. The number of hydrogen-bond acceptors (Lipinski definition) is 7. The van der Waals surface area contributed by atoms with Crippen molar-refractivity contribution in [3.8, 4) is 11.5 Å². The molecule has 0 aliphatic carbocycles. The van der Waals surface area contributed by atoms with Gasteiger partial charge in [-0.1, -0.05) is 53.2 Å². The zero-order valence-electron chi connectivity index (χ0n) is 20.3. The Morgan fingerprint density at radius 2 is 1.68 bits per heavy atom. The van der Waals surface area contributed by atoms with Gasteiger partial charge in [0.1, 0.15) is 16.3 Å². The van der Waals surface area contributed by atoms with Gasteiger partial charge in [0.05, 0.1) is 22.8 Å². The van der Waals surface area contributed by atoms with Crippen LogP contribution in [-0.2, 0) is 10.1 Å². The van der Waals surface area contributed by atoms with Crippen LogP contribution in [0.1, 0.15) is 15.9 Å². The van der Waals surface area contributed by atoms with Crippen molar-refractivity contribution in [2.24, 2.45) is 10.2 Å². The van der Waals surface area contributed by atoms with Crippen LogP contribution in [-0.4, -0.2) is 26.0 Å². The van der Waals surface area contributed by atoms with Crippen LogP contribution < -0.4 is 44.7 Å². The molecule has 4 aromatic carbocycles. The number of carbonyl (C=O) groups is 1. The molecule has 0 heterocycles. The molecule has 1 amide bonds. The van der Waals surface area contributed by atoms with Crippen molar-refractivity contribution in [3.05, 3.63) is 81.8 Å². The molecule has 0 radical (unpaired) electrons. The molecule has 0 aromatic heterocycles. The number of azo groups is 1. The summed E-state index contributed by atoms with van der Waals surface area (Å²) >= 11 is 12.3. The minimum atomic E-state index is -4.70. The molecule has 4 rings (SSSR count). The minimum absolute atomic E-state index is 0. The van der Waals surface area contributed by atoms with Crippen molar-refractivity contribution in [2.75, 3.05) is 12.4 Å². The van der Waals surface area contributed by atoms with E-state index in [0.29, 0.717) is 27.8 Å². The molecule has 0 saturated heterocycles. The van der Waals surface area contributed by atoms with Crippen LogP contribution in [0.15, 0.2) is 75.8 Å². The maximum atomic E-state index is 13.4. The number of hydrogen-bond donors (Lipinski definition) is 2. The van der Waals surface area contributed by atoms with Crippen molar-refractivity contribution in [2.45, 2.75) is 11.8 Å². The van der Waals surface area contributed by atoms with E-state index in [9.17, 15) is 22.9 Å². The molecule has 0 bridgehead atoms. The van der Waals surface area contributed by atoms with E-state index in [4.69, 9.17) is 27.9 Å². The van der Waals surface area contributed by atoms with Gasteiger partial charge in [-0.3, -0.25) is 9.35 Å². The number of halogens is 2. The Hall–Kier alpha value is -2.70. The number of carbonyl (C=O) groups excluding carboxylic acids is 1. The summed E-state index contributed by atoms with van der Waals surface area (Å²) in [6, 6.07) is 15.3. The molecule has 0 aliphatic rings. The van der Waals surface area contributed by atoms with Gasteiger partial charge >= 0.3 is 29.6 Å². The number of ether oxygens (including phenoxy) is 1. The second-order valence-corrected chi connectivity index (χ2v) is 10.1. The number of rotatable bonds is 6. The van der Waals surface area contributed by atoms with Crippen LogP contribution in [0, 0.1) is 6.92 Å². The van der Waals surface area contributed by atoms with Crippen molar-refractivity contribution in [1.82, 2.24) is 0 Å². The predicted octanol–water partition coefficient (Wildman–Crippen LogP) is 3.46. The van der Waals surface area contributed by atoms with Crippen LogP contribution in [0.3, 0.4) is 0 Å². The topological polar surface area (TPSA) is 140 Å². The van der Waals surface area contributed by atoms with Crippen LogP contribution in [0.25, 0.3) is 10.8 Å². The van der Waals surface area contributed by atoms with Crippen LogP contribution >= 0.6 is 23.2 Å². The van der Waals surface area contributed by atoms with Crippen molar-refractivity contribution in [1.29, 1.82) is 0 Å². The zero-order chi connectivity index (χ0) is 26.9. The van der Waals surface area contributed by atoms with E-state index < -0.39 is 26.7 Å². The third kappa shape index (κ3) is 6.29. The monoisotopic (exact) mass is 581 g/mol. The van der Waals surface area contributed by atoms with Gasteiger partial charge in [0, 0.05) is 16.6 Å². The summed E-state index contributed by atoms with van der Waals surface area (Å²) in [6.45, 7) is 1.59. The number of methoxy groups -OCH3 is 1. The first kappa shape index (κ1) is 29.9. The Morgan fingerprint density at radius 1 is 1.00 bits per heavy atom. The molecule has 0 spiro atoms. The predicted molar refractivity (Wildman–Crippen MR) is 140 cm³/mol. The number of benzene rings is 4. The van der Waals surface area contributed by atoms with E-state index in [1.807, 2.05) is 0 Å². The SMILES string of the molecule is COc1ccc(NC(=O)c2cc3ccccc3c(N=Nc3c(Cl)cc(C)cc3S(=O)(=O)O)c2[O-])cc1Cl.[Na+]. The maximum Gasteiger partial charge on any atom is 1.00 e. The number of anilines is 1. The van der Waals surface area contributed by atoms with Gasteiger partial charge in [-0.2, -0.15) is 13.5 Å². The van der Waals surface area contributed by atoms with Crippen LogP contribution in [0.4, 0.5) is 17.1 Å². The number of aryl methyl sites for hydroxylation is 1. The van der Waals surface area contributed by atoms with E-state index in [-0.39, 0.29) is 56.5 Å². The average Bonchev–Trinajstić information content (AvgIpc) is 2.83. The molecule has 0 fully saturated rings. The fraction of sp³-hybridized carbons (Fsp3) is 0.0800. The second kappa shape index (κ2) is 12.0. The summed E-state index contributed by atoms with van der Waals surface area (Å²) < 4.78 is 38.5. The molecule has 0 atom stereocenters. The molecule has 0 aliphatic heterocycles. The summed E-state index contributed by atoms with van der Waals surface area (Å²) in [5.41, 5.74) is -0.000810. The number of fused-ring (bicyclic) bond motifs is 1. The Balaban J connectivity index is 0.00000400. The molecule has 0 saturated carbocycles. The molecule has 38 heavy (non-hydrogen) atoms. The summed E-state index contributed by atoms with van der Waals surface area (Å²) in [5, 5.41) is 24.9. The summed E-state index contributed by atoms with van der Waals surface area (Å²) in [4.78, 5) is 12.5. The Morgan fingerprint density at radius 3 is 2.34 bits per heavy atom. The molecule has 13 heteroatoms. The van der Waals surface area contributed by atoms with Crippen LogP contribution in [0.5, 0.6) is 11.5 Å². The van der Waals surface area contributed by atoms with Gasteiger partial charge in [-0.25, -0.2) is 0 Å². The van der Waals surface area contributed by atoms with Gasteiger partial charge < -0.3 is 15.2 Å².